The topological polar surface area (TPSA) is 0 Å². The number of aryl methyl sites for hydroxylation is 3. The minimum absolute atomic E-state index is 1.18. The molecule has 0 fully saturated rings. The van der Waals surface area contributed by atoms with Crippen LogP contribution in [-0.2, 0) is 0 Å². The predicted octanol–water partition coefficient (Wildman–Crippen LogP) is 9.11. The Labute approximate surface area is 184 Å². The molecule has 0 heteroatoms. The summed E-state index contributed by atoms with van der Waals surface area (Å²) in [6.07, 6.45) is 7.32. The van der Waals surface area contributed by atoms with Crippen LogP contribution in [-0.4, -0.2) is 0 Å². The molecule has 3 aromatic rings. The second-order valence-electron chi connectivity index (χ2n) is 6.70. The fourth-order valence-electron chi connectivity index (χ4n) is 2.32. The van der Waals surface area contributed by atoms with E-state index < -0.39 is 0 Å². The van der Waals surface area contributed by atoms with Crippen LogP contribution in [0.15, 0.2) is 105 Å². The van der Waals surface area contributed by atoms with Gasteiger partial charge in [-0.3, -0.25) is 0 Å². The Balaban J connectivity index is 0.000000394. The maximum Gasteiger partial charge on any atom is -0.0233 e. The molecule has 0 saturated carbocycles. The maximum absolute atomic E-state index is 3.69. The summed E-state index contributed by atoms with van der Waals surface area (Å²) in [6.45, 7) is 22.5. The Morgan fingerprint density at radius 2 is 1.13 bits per heavy atom. The Bertz CT molecular complexity index is 895. The van der Waals surface area contributed by atoms with E-state index in [2.05, 4.69) is 95.6 Å². The molecular weight excluding hydrogens is 360 g/mol. The Kier molecular flexibility index (Phi) is 14.7. The van der Waals surface area contributed by atoms with Gasteiger partial charge in [-0.05, 0) is 49.9 Å². The monoisotopic (exact) mass is 396 g/mol. The molecule has 30 heavy (non-hydrogen) atoms. The van der Waals surface area contributed by atoms with Crippen molar-refractivity contribution in [2.24, 2.45) is 0 Å². The molecular formula is C30H36. The van der Waals surface area contributed by atoms with Gasteiger partial charge in [0.05, 0.1) is 0 Å². The van der Waals surface area contributed by atoms with Crippen LogP contribution in [0.3, 0.4) is 0 Å². The molecule has 0 N–H and O–H groups in total. The summed E-state index contributed by atoms with van der Waals surface area (Å²) in [4.78, 5) is 0. The summed E-state index contributed by atoms with van der Waals surface area (Å²) >= 11 is 0. The summed E-state index contributed by atoms with van der Waals surface area (Å²) in [5, 5.41) is 0. The van der Waals surface area contributed by atoms with Gasteiger partial charge in [-0.1, -0.05) is 128 Å². The number of hydrogen-bond acceptors (Lipinski definition) is 0. The smallest absolute Gasteiger partial charge is 0.0233 e. The Morgan fingerprint density at radius 1 is 0.567 bits per heavy atom. The molecule has 3 aromatic carbocycles. The number of allylic oxidation sites excluding steroid dienone is 1. The molecule has 3 rings (SSSR count). The first-order chi connectivity index (χ1) is 14.4. The average Bonchev–Trinajstić information content (AvgIpc) is 2.76. The second kappa shape index (κ2) is 16.6. The Morgan fingerprint density at radius 3 is 1.53 bits per heavy atom. The van der Waals surface area contributed by atoms with Crippen LogP contribution >= 0.6 is 0 Å². The van der Waals surface area contributed by atoms with Crippen molar-refractivity contribution < 1.29 is 0 Å². The van der Waals surface area contributed by atoms with Crippen molar-refractivity contribution in [1.29, 1.82) is 0 Å². The molecule has 0 aliphatic rings. The summed E-state index contributed by atoms with van der Waals surface area (Å²) < 4.78 is 0. The highest BCUT2D eigenvalue weighted by atomic mass is 13.9. The third kappa shape index (κ3) is 12.2. The SMILES string of the molecule is C=CC.C=Cc1ccc(C)cc1.C=Cc1cccc(C)c1.C=Cc1ccccc1C. The standard InChI is InChI=1S/3C9H10.C3H6/c1-3-9-6-4-8(2)5-7-9;1-3-9-6-4-5-8(2)7-9;1-3-9-7-5-4-6-8(9)2;1-3-2/h3*3-7H,1H2,2H3;3H,1H2,2H3. The number of rotatable bonds is 3. The highest BCUT2D eigenvalue weighted by molar-refractivity contribution is 5.51. The van der Waals surface area contributed by atoms with Gasteiger partial charge in [0.2, 0.25) is 0 Å². The molecule has 0 spiro atoms. The van der Waals surface area contributed by atoms with Crippen LogP contribution in [0.25, 0.3) is 18.2 Å². The van der Waals surface area contributed by atoms with E-state index in [-0.39, 0.29) is 0 Å². The van der Waals surface area contributed by atoms with E-state index in [1.807, 2.05) is 49.4 Å². The predicted molar refractivity (Wildman–Crippen MR) is 140 cm³/mol. The van der Waals surface area contributed by atoms with Gasteiger partial charge in [-0.15, -0.1) is 6.58 Å². The number of hydrogen-bond donors (Lipinski definition) is 0. The zero-order valence-corrected chi connectivity index (χ0v) is 19.1. The first kappa shape index (κ1) is 26.6. The van der Waals surface area contributed by atoms with Crippen LogP contribution in [0, 0.1) is 20.8 Å². The van der Waals surface area contributed by atoms with Crippen molar-refractivity contribution in [3.8, 4) is 0 Å². The van der Waals surface area contributed by atoms with E-state index in [0.29, 0.717) is 0 Å². The van der Waals surface area contributed by atoms with Gasteiger partial charge < -0.3 is 0 Å². The van der Waals surface area contributed by atoms with Crippen LogP contribution in [0.1, 0.15) is 40.3 Å². The lowest BCUT2D eigenvalue weighted by Gasteiger charge is -1.95. The normalized spacial score (nSPS) is 8.53. The van der Waals surface area contributed by atoms with Gasteiger partial charge in [0, 0.05) is 0 Å². The van der Waals surface area contributed by atoms with E-state index >= 15 is 0 Å². The third-order valence-electron chi connectivity index (χ3n) is 4.00. The molecule has 0 nitrogen and oxygen atoms in total. The van der Waals surface area contributed by atoms with Gasteiger partial charge in [-0.25, -0.2) is 0 Å². The van der Waals surface area contributed by atoms with Crippen molar-refractivity contribution in [1.82, 2.24) is 0 Å². The molecule has 0 heterocycles. The fraction of sp³-hybridized carbons (Fsp3) is 0.133. The van der Waals surface area contributed by atoms with Crippen molar-refractivity contribution in [3.05, 3.63) is 139 Å². The van der Waals surface area contributed by atoms with Crippen LogP contribution in [0.5, 0.6) is 0 Å². The van der Waals surface area contributed by atoms with Gasteiger partial charge in [0.25, 0.3) is 0 Å². The van der Waals surface area contributed by atoms with Crippen LogP contribution in [0.2, 0.25) is 0 Å². The molecule has 0 saturated heterocycles. The molecule has 156 valence electrons. The zero-order chi connectivity index (χ0) is 22.8. The minimum Gasteiger partial charge on any atom is -0.103 e. The fourth-order valence-corrected chi connectivity index (χ4v) is 2.32. The molecule has 0 aromatic heterocycles. The van der Waals surface area contributed by atoms with Gasteiger partial charge in [0.1, 0.15) is 0 Å². The third-order valence-corrected chi connectivity index (χ3v) is 4.00. The van der Waals surface area contributed by atoms with Crippen LogP contribution < -0.4 is 0 Å². The molecule has 0 aliphatic carbocycles. The summed E-state index contributed by atoms with van der Waals surface area (Å²) in [5.74, 6) is 0. The van der Waals surface area contributed by atoms with Gasteiger partial charge in [-0.2, -0.15) is 0 Å². The largest absolute Gasteiger partial charge is 0.103 e. The quantitative estimate of drug-likeness (QED) is 0.387. The number of benzene rings is 3. The van der Waals surface area contributed by atoms with Crippen molar-refractivity contribution in [2.45, 2.75) is 27.7 Å². The van der Waals surface area contributed by atoms with E-state index in [1.165, 1.54) is 33.4 Å². The first-order valence-corrected chi connectivity index (χ1v) is 10.0. The van der Waals surface area contributed by atoms with Gasteiger partial charge in [0.15, 0.2) is 0 Å². The van der Waals surface area contributed by atoms with Crippen molar-refractivity contribution in [2.75, 3.05) is 0 Å². The molecule has 0 bridgehead atoms. The zero-order valence-electron chi connectivity index (χ0n) is 19.1. The lowest BCUT2D eigenvalue weighted by atomic mass is 10.1. The highest BCUT2D eigenvalue weighted by Gasteiger charge is 1.87. The minimum atomic E-state index is 1.18. The summed E-state index contributed by atoms with van der Waals surface area (Å²) in [6, 6.07) is 24.7. The molecule has 0 unspecified atom stereocenters. The van der Waals surface area contributed by atoms with Crippen molar-refractivity contribution in [3.63, 3.8) is 0 Å². The second-order valence-corrected chi connectivity index (χ2v) is 6.70. The first-order valence-electron chi connectivity index (χ1n) is 10.0. The lowest BCUT2D eigenvalue weighted by molar-refractivity contribution is 1.45. The van der Waals surface area contributed by atoms with E-state index in [1.54, 1.807) is 6.08 Å². The molecule has 0 radical (unpaired) electrons. The average molecular weight is 397 g/mol. The molecule has 0 atom stereocenters. The van der Waals surface area contributed by atoms with E-state index in [4.69, 9.17) is 0 Å². The highest BCUT2D eigenvalue weighted by Crippen LogP contribution is 2.07. The summed E-state index contributed by atoms with van der Waals surface area (Å²) in [5.41, 5.74) is 7.45. The molecule has 0 aliphatic heterocycles. The maximum atomic E-state index is 3.69. The van der Waals surface area contributed by atoms with E-state index in [9.17, 15) is 0 Å². The van der Waals surface area contributed by atoms with Gasteiger partial charge >= 0.3 is 0 Å². The lowest BCUT2D eigenvalue weighted by Crippen LogP contribution is -1.75. The van der Waals surface area contributed by atoms with E-state index in [0.717, 1.165) is 0 Å². The Hall–Kier alpha value is -3.38. The van der Waals surface area contributed by atoms with Crippen molar-refractivity contribution >= 4 is 18.2 Å². The molecule has 0 amide bonds. The summed E-state index contributed by atoms with van der Waals surface area (Å²) in [7, 11) is 0. The van der Waals surface area contributed by atoms with Crippen LogP contribution in [0.4, 0.5) is 0 Å².